The van der Waals surface area contributed by atoms with Gasteiger partial charge in [0.25, 0.3) is 0 Å². The Hall–Kier alpha value is -1.25. The molecule has 0 amide bonds. The van der Waals surface area contributed by atoms with Crippen molar-refractivity contribution in [3.05, 3.63) is 46.6 Å². The third-order valence-electron chi connectivity index (χ3n) is 4.04. The minimum atomic E-state index is 0.437. The number of rotatable bonds is 4. The number of halogens is 1. The molecule has 3 heteroatoms. The van der Waals surface area contributed by atoms with E-state index in [0.717, 1.165) is 37.3 Å². The molecule has 0 bridgehead atoms. The van der Waals surface area contributed by atoms with Crippen LogP contribution in [0.1, 0.15) is 43.5 Å². The van der Waals surface area contributed by atoms with Crippen molar-refractivity contribution in [1.82, 2.24) is 10.3 Å². The van der Waals surface area contributed by atoms with Gasteiger partial charge >= 0.3 is 0 Å². The molecule has 1 aliphatic heterocycles. The second-order valence-electron chi connectivity index (χ2n) is 5.42. The van der Waals surface area contributed by atoms with E-state index in [1.165, 1.54) is 22.2 Å². The summed E-state index contributed by atoms with van der Waals surface area (Å²) >= 11 is 6.13. The monoisotopic (exact) mass is 288 g/mol. The number of benzene rings is 1. The van der Waals surface area contributed by atoms with E-state index in [4.69, 9.17) is 11.6 Å². The van der Waals surface area contributed by atoms with Gasteiger partial charge in [0, 0.05) is 27.7 Å². The lowest BCUT2D eigenvalue weighted by atomic mass is 9.96. The molecule has 3 rings (SSSR count). The summed E-state index contributed by atoms with van der Waals surface area (Å²) in [7, 11) is 0. The van der Waals surface area contributed by atoms with Crippen molar-refractivity contribution in [2.24, 2.45) is 0 Å². The molecule has 1 atom stereocenters. The van der Waals surface area contributed by atoms with Gasteiger partial charge in [0.2, 0.25) is 0 Å². The number of allylic oxidation sites excluding steroid dienone is 2. The summed E-state index contributed by atoms with van der Waals surface area (Å²) in [5.74, 6) is 0. The van der Waals surface area contributed by atoms with E-state index in [1.807, 2.05) is 6.07 Å². The molecule has 0 fully saturated rings. The molecule has 0 spiro atoms. The Bertz CT molecular complexity index is 627. The topological polar surface area (TPSA) is 27.8 Å². The predicted octanol–water partition coefficient (Wildman–Crippen LogP) is 4.75. The molecule has 2 nitrogen and oxygen atoms in total. The lowest BCUT2D eigenvalue weighted by Crippen LogP contribution is -2.29. The number of aromatic amines is 1. The summed E-state index contributed by atoms with van der Waals surface area (Å²) in [5.41, 5.74) is 4.02. The van der Waals surface area contributed by atoms with E-state index in [1.54, 1.807) is 0 Å². The van der Waals surface area contributed by atoms with Crippen LogP contribution in [0.25, 0.3) is 10.9 Å². The summed E-state index contributed by atoms with van der Waals surface area (Å²) in [6.45, 7) is 3.23. The molecule has 0 saturated heterocycles. The summed E-state index contributed by atoms with van der Waals surface area (Å²) in [4.78, 5) is 3.59. The van der Waals surface area contributed by atoms with E-state index >= 15 is 0 Å². The van der Waals surface area contributed by atoms with Crippen LogP contribution in [0.4, 0.5) is 0 Å². The Balaban J connectivity index is 1.88. The first-order valence-electron chi connectivity index (χ1n) is 7.48. The third kappa shape index (κ3) is 2.63. The van der Waals surface area contributed by atoms with Gasteiger partial charge in [-0.2, -0.15) is 0 Å². The van der Waals surface area contributed by atoms with Crippen molar-refractivity contribution < 1.29 is 0 Å². The Morgan fingerprint density at radius 1 is 1.35 bits per heavy atom. The number of fused-ring (bicyclic) bond motifs is 3. The standard InChI is InChI=1S/C17H21ClN2/c1-2-3-4-5-6-16-17-13(9-10-19-16)14-11-12(18)7-8-15(14)20-17/h3-4,7-8,11,16,19-20H,2,5-6,9-10H2,1H3/b4-3-. The lowest BCUT2D eigenvalue weighted by Gasteiger charge is -2.24. The minimum Gasteiger partial charge on any atom is -0.357 e. The van der Waals surface area contributed by atoms with Crippen LogP contribution in [0.2, 0.25) is 5.02 Å². The Labute approximate surface area is 125 Å². The molecule has 0 radical (unpaired) electrons. The fraction of sp³-hybridized carbons (Fsp3) is 0.412. The Kier molecular flexibility index (Phi) is 4.13. The Morgan fingerprint density at radius 2 is 2.25 bits per heavy atom. The molecule has 2 N–H and O–H groups in total. The van der Waals surface area contributed by atoms with E-state index in [0.29, 0.717) is 6.04 Å². The molecule has 2 aromatic rings. The fourth-order valence-electron chi connectivity index (χ4n) is 3.07. The minimum absolute atomic E-state index is 0.437. The zero-order valence-electron chi connectivity index (χ0n) is 11.9. The van der Waals surface area contributed by atoms with E-state index in [-0.39, 0.29) is 0 Å². The largest absolute Gasteiger partial charge is 0.357 e. The maximum Gasteiger partial charge on any atom is 0.0479 e. The molecule has 0 saturated carbocycles. The number of hydrogen-bond donors (Lipinski definition) is 2. The van der Waals surface area contributed by atoms with Gasteiger partial charge in [-0.3, -0.25) is 0 Å². The number of H-pyrrole nitrogens is 1. The highest BCUT2D eigenvalue weighted by molar-refractivity contribution is 6.31. The van der Waals surface area contributed by atoms with Gasteiger partial charge in [0.1, 0.15) is 0 Å². The van der Waals surface area contributed by atoms with Crippen molar-refractivity contribution in [2.45, 2.75) is 38.6 Å². The number of aromatic nitrogens is 1. The first kappa shape index (κ1) is 13.7. The van der Waals surface area contributed by atoms with Crippen molar-refractivity contribution in [1.29, 1.82) is 0 Å². The smallest absolute Gasteiger partial charge is 0.0479 e. The van der Waals surface area contributed by atoms with Gasteiger partial charge in [-0.05, 0) is 56.0 Å². The van der Waals surface area contributed by atoms with Crippen molar-refractivity contribution in [2.75, 3.05) is 6.54 Å². The highest BCUT2D eigenvalue weighted by atomic mass is 35.5. The maximum absolute atomic E-state index is 6.13. The SMILES string of the molecule is CC/C=C\CCC1NCCc2c1[nH]c1ccc(Cl)cc21. The second-order valence-corrected chi connectivity index (χ2v) is 5.86. The van der Waals surface area contributed by atoms with Gasteiger partial charge in [-0.25, -0.2) is 0 Å². The van der Waals surface area contributed by atoms with E-state index in [9.17, 15) is 0 Å². The van der Waals surface area contributed by atoms with Gasteiger partial charge in [-0.15, -0.1) is 0 Å². The molecule has 1 aromatic heterocycles. The summed E-state index contributed by atoms with van der Waals surface area (Å²) in [6, 6.07) is 6.57. The van der Waals surface area contributed by atoms with E-state index in [2.05, 4.69) is 41.5 Å². The van der Waals surface area contributed by atoms with Crippen LogP contribution in [0.3, 0.4) is 0 Å². The fourth-order valence-corrected chi connectivity index (χ4v) is 3.25. The first-order chi connectivity index (χ1) is 9.79. The van der Waals surface area contributed by atoms with Gasteiger partial charge in [0.05, 0.1) is 0 Å². The molecule has 2 heterocycles. The number of nitrogens with one attached hydrogen (secondary N) is 2. The quantitative estimate of drug-likeness (QED) is 0.780. The summed E-state index contributed by atoms with van der Waals surface area (Å²) < 4.78 is 0. The van der Waals surface area contributed by atoms with Gasteiger partial charge < -0.3 is 10.3 Å². The average Bonchev–Trinajstić information content (AvgIpc) is 2.82. The molecular formula is C17H21ClN2. The van der Waals surface area contributed by atoms with Gasteiger partial charge in [-0.1, -0.05) is 30.7 Å². The molecule has 1 aliphatic rings. The van der Waals surface area contributed by atoms with Crippen LogP contribution in [-0.2, 0) is 6.42 Å². The Morgan fingerprint density at radius 3 is 3.10 bits per heavy atom. The van der Waals surface area contributed by atoms with Gasteiger partial charge in [0.15, 0.2) is 0 Å². The van der Waals surface area contributed by atoms with Crippen LogP contribution < -0.4 is 5.32 Å². The van der Waals surface area contributed by atoms with Crippen molar-refractivity contribution >= 4 is 22.5 Å². The summed E-state index contributed by atoms with van der Waals surface area (Å²) in [5, 5.41) is 5.74. The number of hydrogen-bond acceptors (Lipinski definition) is 1. The molecule has 0 aliphatic carbocycles. The summed E-state index contributed by atoms with van der Waals surface area (Å²) in [6.07, 6.45) is 9.00. The van der Waals surface area contributed by atoms with Crippen LogP contribution in [0.15, 0.2) is 30.4 Å². The highest BCUT2D eigenvalue weighted by Gasteiger charge is 2.23. The molecule has 20 heavy (non-hydrogen) atoms. The average molecular weight is 289 g/mol. The van der Waals surface area contributed by atoms with Crippen LogP contribution in [-0.4, -0.2) is 11.5 Å². The normalized spacial score (nSPS) is 18.8. The molecular weight excluding hydrogens is 268 g/mol. The predicted molar refractivity (Wildman–Crippen MR) is 86.4 cm³/mol. The zero-order valence-corrected chi connectivity index (χ0v) is 12.6. The van der Waals surface area contributed by atoms with Crippen LogP contribution >= 0.6 is 11.6 Å². The van der Waals surface area contributed by atoms with Crippen molar-refractivity contribution in [3.8, 4) is 0 Å². The maximum atomic E-state index is 6.13. The molecule has 106 valence electrons. The molecule has 1 aromatic carbocycles. The highest BCUT2D eigenvalue weighted by Crippen LogP contribution is 2.33. The zero-order chi connectivity index (χ0) is 13.9. The van der Waals surface area contributed by atoms with Crippen molar-refractivity contribution in [3.63, 3.8) is 0 Å². The first-order valence-corrected chi connectivity index (χ1v) is 7.85. The second kappa shape index (κ2) is 6.02. The van der Waals surface area contributed by atoms with Crippen LogP contribution in [0.5, 0.6) is 0 Å². The third-order valence-corrected chi connectivity index (χ3v) is 4.27. The van der Waals surface area contributed by atoms with Crippen LogP contribution in [0, 0.1) is 0 Å². The molecule has 1 unspecified atom stereocenters. The van der Waals surface area contributed by atoms with E-state index < -0.39 is 0 Å². The lowest BCUT2D eigenvalue weighted by molar-refractivity contribution is 0.471.